The standard InChI is InChI=1S/C23H29N3O3S3/c1-15-11-13-19(14-12-15)32(28,29)25-21-20-22(31-18-9-7-5-4-6-8-10-18)30-17(3)16(2)26(20)23(27)24-21/h11-14,18H,4-10H2,1-3H3,(H,24,25,27). The van der Waals surface area contributed by atoms with Crippen molar-refractivity contribution in [1.29, 1.82) is 0 Å². The van der Waals surface area contributed by atoms with Crippen molar-refractivity contribution in [1.82, 2.24) is 9.55 Å². The summed E-state index contributed by atoms with van der Waals surface area (Å²) >= 11 is 3.39. The number of thioether (sulfide) groups is 1. The predicted molar refractivity (Wildman–Crippen MR) is 132 cm³/mol. The molecule has 0 aromatic heterocycles. The van der Waals surface area contributed by atoms with Crippen molar-refractivity contribution in [3.63, 3.8) is 0 Å². The molecule has 4 rings (SSSR count). The minimum absolute atomic E-state index is 0.114. The lowest BCUT2D eigenvalue weighted by Gasteiger charge is -2.22. The lowest BCUT2D eigenvalue weighted by Crippen LogP contribution is -2.18. The fraction of sp³-hybridized carbons (Fsp3) is 0.478. The molecule has 1 aliphatic carbocycles. The highest BCUT2D eigenvalue weighted by molar-refractivity contribution is 8.01. The van der Waals surface area contributed by atoms with Gasteiger partial charge in [-0.05, 0) is 45.7 Å². The lowest BCUT2D eigenvalue weighted by atomic mass is 10.0. The van der Waals surface area contributed by atoms with Gasteiger partial charge < -0.3 is 0 Å². The lowest BCUT2D eigenvalue weighted by molar-refractivity contribution is 0.513. The maximum atomic E-state index is 13.0. The van der Waals surface area contributed by atoms with Crippen LogP contribution in [-0.2, 0) is 10.0 Å². The predicted octanol–water partition coefficient (Wildman–Crippen LogP) is 5.66. The van der Waals surface area contributed by atoms with Crippen LogP contribution in [-0.4, -0.2) is 23.2 Å². The van der Waals surface area contributed by atoms with Crippen molar-refractivity contribution in [2.45, 2.75) is 80.1 Å². The fourth-order valence-corrected chi connectivity index (χ4v) is 8.02. The quantitative estimate of drug-likeness (QED) is 0.498. The molecule has 1 N–H and O–H groups in total. The third-order valence-electron chi connectivity index (χ3n) is 6.02. The minimum Gasteiger partial charge on any atom is -0.261 e. The average Bonchev–Trinajstić information content (AvgIpc) is 3.03. The fourth-order valence-electron chi connectivity index (χ4n) is 4.06. The highest BCUT2D eigenvalue weighted by Gasteiger charge is 2.28. The molecular weight excluding hydrogens is 462 g/mol. The van der Waals surface area contributed by atoms with Crippen LogP contribution < -0.4 is 10.4 Å². The number of aryl methyl sites for hydroxylation is 2. The molecule has 0 radical (unpaired) electrons. The van der Waals surface area contributed by atoms with Gasteiger partial charge in [0, 0.05) is 15.8 Å². The van der Waals surface area contributed by atoms with E-state index >= 15 is 0 Å². The molecule has 0 amide bonds. The van der Waals surface area contributed by atoms with Crippen LogP contribution in [0.1, 0.15) is 61.1 Å². The highest BCUT2D eigenvalue weighted by Crippen LogP contribution is 2.42. The molecular formula is C23H29N3O3S3. The first kappa shape index (κ1) is 23.3. The summed E-state index contributed by atoms with van der Waals surface area (Å²) < 4.78 is 31.2. The summed E-state index contributed by atoms with van der Waals surface area (Å²) in [6.07, 6.45) is 8.54. The molecule has 0 atom stereocenters. The molecule has 1 aromatic carbocycles. The van der Waals surface area contributed by atoms with Crippen molar-refractivity contribution in [3.8, 4) is 5.69 Å². The number of nitrogens with zero attached hydrogens (tertiary/aromatic N) is 2. The molecule has 3 aliphatic rings. The summed E-state index contributed by atoms with van der Waals surface area (Å²) in [5.74, 6) is 0.114. The maximum Gasteiger partial charge on any atom is 0.354 e. The number of nitrogens with one attached hydrogen (secondary N) is 1. The molecule has 0 spiro atoms. The van der Waals surface area contributed by atoms with Crippen LogP contribution in [0, 0.1) is 20.8 Å². The molecule has 0 unspecified atom stereocenters. The van der Waals surface area contributed by atoms with Gasteiger partial charge in [0.25, 0.3) is 10.0 Å². The summed E-state index contributed by atoms with van der Waals surface area (Å²) in [4.78, 5) is 18.1. The second kappa shape index (κ2) is 9.57. The number of sulfonamides is 1. The van der Waals surface area contributed by atoms with Crippen molar-refractivity contribution in [3.05, 3.63) is 50.9 Å². The number of benzene rings is 1. The molecule has 0 bridgehead atoms. The van der Waals surface area contributed by atoms with E-state index in [0.717, 1.165) is 33.2 Å². The van der Waals surface area contributed by atoms with E-state index in [1.807, 2.05) is 20.8 Å². The van der Waals surface area contributed by atoms with Crippen LogP contribution in [0.2, 0.25) is 0 Å². The number of imidazole rings is 1. The molecule has 172 valence electrons. The molecule has 1 saturated carbocycles. The molecule has 2 aliphatic heterocycles. The Labute approximate surface area is 197 Å². The van der Waals surface area contributed by atoms with Gasteiger partial charge in [0.1, 0.15) is 5.69 Å². The van der Waals surface area contributed by atoms with Crippen LogP contribution in [0.3, 0.4) is 0 Å². The zero-order valence-corrected chi connectivity index (χ0v) is 21.1. The van der Waals surface area contributed by atoms with E-state index in [1.165, 1.54) is 32.1 Å². The van der Waals surface area contributed by atoms with Gasteiger partial charge in [-0.1, -0.05) is 49.8 Å². The third kappa shape index (κ3) is 4.89. The van der Waals surface area contributed by atoms with E-state index < -0.39 is 15.7 Å². The summed E-state index contributed by atoms with van der Waals surface area (Å²) in [5.41, 5.74) is 1.90. The normalized spacial score (nSPS) is 16.1. The van der Waals surface area contributed by atoms with Gasteiger partial charge in [-0.15, -0.1) is 23.1 Å². The summed E-state index contributed by atoms with van der Waals surface area (Å²) in [6, 6.07) is 6.64. The Morgan fingerprint density at radius 3 is 2.31 bits per heavy atom. The molecule has 0 saturated heterocycles. The Hall–Kier alpha value is -1.84. The van der Waals surface area contributed by atoms with Gasteiger partial charge in [-0.3, -0.25) is 9.29 Å². The van der Waals surface area contributed by atoms with Crippen LogP contribution in [0.4, 0.5) is 5.82 Å². The van der Waals surface area contributed by atoms with E-state index in [4.69, 9.17) is 0 Å². The first-order valence-electron chi connectivity index (χ1n) is 11.0. The van der Waals surface area contributed by atoms with E-state index in [9.17, 15) is 13.2 Å². The zero-order valence-electron chi connectivity index (χ0n) is 18.7. The van der Waals surface area contributed by atoms with Gasteiger partial charge in [-0.25, -0.2) is 13.2 Å². The topological polar surface area (TPSA) is 81.1 Å². The smallest absolute Gasteiger partial charge is 0.261 e. The van der Waals surface area contributed by atoms with Gasteiger partial charge in [0.05, 0.1) is 9.10 Å². The second-order valence-electron chi connectivity index (χ2n) is 8.46. The maximum absolute atomic E-state index is 13.0. The Bertz CT molecular complexity index is 1220. The highest BCUT2D eigenvalue weighted by atomic mass is 32.2. The van der Waals surface area contributed by atoms with Crippen LogP contribution in [0.15, 0.2) is 38.2 Å². The average molecular weight is 492 g/mol. The first-order valence-corrected chi connectivity index (χ1v) is 14.2. The molecule has 1 fully saturated rings. The second-order valence-corrected chi connectivity index (χ2v) is 12.9. The Morgan fingerprint density at radius 2 is 1.66 bits per heavy atom. The zero-order chi connectivity index (χ0) is 22.9. The molecule has 2 heterocycles. The van der Waals surface area contributed by atoms with E-state index in [0.29, 0.717) is 10.9 Å². The summed E-state index contributed by atoms with van der Waals surface area (Å²) in [7, 11) is -3.86. The SMILES string of the molecule is Cc1ccc(S(=O)(=O)Nc2nc(=O)n3c(C)c(C)sc(SC4CCCCCCC4)c2-3)cc1. The van der Waals surface area contributed by atoms with Crippen molar-refractivity contribution in [2.75, 3.05) is 4.72 Å². The number of aromatic nitrogens is 2. The van der Waals surface area contributed by atoms with Crippen LogP contribution >= 0.6 is 23.1 Å². The van der Waals surface area contributed by atoms with Crippen LogP contribution in [0.25, 0.3) is 5.69 Å². The first-order chi connectivity index (χ1) is 15.3. The summed E-state index contributed by atoms with van der Waals surface area (Å²) in [5, 5.41) is 0.462. The molecule has 6 nitrogen and oxygen atoms in total. The number of fused-ring (bicyclic) bond motifs is 1. The number of rotatable bonds is 5. The van der Waals surface area contributed by atoms with Crippen LogP contribution in [0.5, 0.6) is 0 Å². The Balaban J connectivity index is 1.75. The summed E-state index contributed by atoms with van der Waals surface area (Å²) in [6.45, 7) is 5.78. The van der Waals surface area contributed by atoms with E-state index in [1.54, 1.807) is 51.9 Å². The van der Waals surface area contributed by atoms with Crippen molar-refractivity contribution < 1.29 is 8.42 Å². The van der Waals surface area contributed by atoms with Gasteiger partial charge in [0.15, 0.2) is 5.82 Å². The van der Waals surface area contributed by atoms with E-state index in [2.05, 4.69) is 9.71 Å². The Morgan fingerprint density at radius 1 is 1.03 bits per heavy atom. The Kier molecular flexibility index (Phi) is 6.97. The van der Waals surface area contributed by atoms with Crippen molar-refractivity contribution >= 4 is 38.9 Å². The van der Waals surface area contributed by atoms with E-state index in [-0.39, 0.29) is 10.7 Å². The molecule has 9 heteroatoms. The minimum atomic E-state index is -3.86. The third-order valence-corrected chi connectivity index (χ3v) is 10.1. The van der Waals surface area contributed by atoms with Gasteiger partial charge >= 0.3 is 5.69 Å². The number of anilines is 1. The van der Waals surface area contributed by atoms with Gasteiger partial charge in [0.2, 0.25) is 0 Å². The monoisotopic (exact) mass is 491 g/mol. The van der Waals surface area contributed by atoms with Crippen molar-refractivity contribution in [2.24, 2.45) is 0 Å². The van der Waals surface area contributed by atoms with Gasteiger partial charge in [-0.2, -0.15) is 4.98 Å². The molecule has 1 aromatic rings. The molecule has 32 heavy (non-hydrogen) atoms. The number of hydrogen-bond acceptors (Lipinski definition) is 6. The number of hydrogen-bond donors (Lipinski definition) is 1. The largest absolute Gasteiger partial charge is 0.354 e.